The van der Waals surface area contributed by atoms with Crippen LogP contribution >= 0.6 is 0 Å². The monoisotopic (exact) mass is 714 g/mol. The summed E-state index contributed by atoms with van der Waals surface area (Å²) in [6.45, 7) is 0. The molecule has 0 aliphatic rings. The minimum absolute atomic E-state index is 1.09. The summed E-state index contributed by atoms with van der Waals surface area (Å²) in [6, 6.07) is 83.0. The van der Waals surface area contributed by atoms with E-state index in [1.54, 1.807) is 0 Å². The van der Waals surface area contributed by atoms with E-state index >= 15 is 0 Å². The lowest BCUT2D eigenvalue weighted by molar-refractivity contribution is 1.18. The molecule has 56 heavy (non-hydrogen) atoms. The van der Waals surface area contributed by atoms with E-state index in [0.29, 0.717) is 0 Å². The molecule has 1 aromatic heterocycles. The van der Waals surface area contributed by atoms with Gasteiger partial charge in [-0.1, -0.05) is 176 Å². The maximum Gasteiger partial charge on any atom is 0.0547 e. The van der Waals surface area contributed by atoms with Gasteiger partial charge in [0.15, 0.2) is 0 Å². The first-order valence-electron chi connectivity index (χ1n) is 19.2. The van der Waals surface area contributed by atoms with Crippen molar-refractivity contribution in [1.29, 1.82) is 0 Å². The van der Waals surface area contributed by atoms with E-state index in [1.165, 1.54) is 66.3 Å². The van der Waals surface area contributed by atoms with E-state index in [1.807, 2.05) is 0 Å². The Morgan fingerprint density at radius 2 is 0.804 bits per heavy atom. The first kappa shape index (κ1) is 33.2. The van der Waals surface area contributed by atoms with Crippen LogP contribution < -0.4 is 4.90 Å². The van der Waals surface area contributed by atoms with Crippen molar-refractivity contribution < 1.29 is 0 Å². The van der Waals surface area contributed by atoms with E-state index in [0.717, 1.165) is 22.7 Å². The molecule has 0 fully saturated rings. The van der Waals surface area contributed by atoms with Crippen LogP contribution in [0.2, 0.25) is 0 Å². The Balaban J connectivity index is 1.11. The molecule has 0 bridgehead atoms. The van der Waals surface area contributed by atoms with Crippen molar-refractivity contribution in [3.63, 3.8) is 0 Å². The molecule has 264 valence electrons. The normalized spacial score (nSPS) is 11.2. The Bertz CT molecular complexity index is 2930. The number of hydrogen-bond donors (Lipinski definition) is 0. The molecule has 0 saturated carbocycles. The maximum atomic E-state index is 2.40. The quantitative estimate of drug-likeness (QED) is 0.152. The molecule has 0 radical (unpaired) electrons. The highest BCUT2D eigenvalue weighted by Gasteiger charge is 2.20. The van der Waals surface area contributed by atoms with E-state index in [-0.39, 0.29) is 0 Å². The van der Waals surface area contributed by atoms with E-state index in [9.17, 15) is 0 Å². The molecule has 9 aromatic carbocycles. The smallest absolute Gasteiger partial charge is 0.0547 e. The Morgan fingerprint density at radius 1 is 0.304 bits per heavy atom. The van der Waals surface area contributed by atoms with Crippen LogP contribution in [-0.2, 0) is 0 Å². The number of fused-ring (bicyclic) bond motifs is 3. The molecule has 0 aliphatic heterocycles. The van der Waals surface area contributed by atoms with Crippen molar-refractivity contribution in [3.8, 4) is 50.2 Å². The van der Waals surface area contributed by atoms with Crippen LogP contribution in [0.25, 0.3) is 72.0 Å². The van der Waals surface area contributed by atoms with Gasteiger partial charge < -0.3 is 9.47 Å². The molecule has 0 atom stereocenters. The first-order valence-corrected chi connectivity index (χ1v) is 19.2. The second-order valence-electron chi connectivity index (χ2n) is 14.1. The van der Waals surface area contributed by atoms with E-state index < -0.39 is 0 Å². The van der Waals surface area contributed by atoms with Gasteiger partial charge in [0.25, 0.3) is 0 Å². The molecule has 0 saturated heterocycles. The summed E-state index contributed by atoms with van der Waals surface area (Å²) in [7, 11) is 0. The molecular formula is C54H38N2. The van der Waals surface area contributed by atoms with Gasteiger partial charge in [-0.05, 0) is 93.5 Å². The van der Waals surface area contributed by atoms with Gasteiger partial charge in [-0.15, -0.1) is 0 Å². The lowest BCUT2D eigenvalue weighted by atomic mass is 9.97. The lowest BCUT2D eigenvalue weighted by Crippen LogP contribution is -2.11. The zero-order chi connectivity index (χ0) is 37.3. The fraction of sp³-hybridized carbons (Fsp3) is 0. The molecule has 10 rings (SSSR count). The zero-order valence-corrected chi connectivity index (χ0v) is 30.8. The molecule has 0 unspecified atom stereocenters. The summed E-state index contributed by atoms with van der Waals surface area (Å²) < 4.78 is 2.39. The Hall–Kier alpha value is -7.42. The van der Waals surface area contributed by atoms with Crippen molar-refractivity contribution >= 4 is 38.9 Å². The third kappa shape index (κ3) is 6.04. The number of para-hydroxylation sites is 3. The number of hydrogen-bond acceptors (Lipinski definition) is 1. The number of nitrogens with zero attached hydrogens (tertiary/aromatic N) is 2. The second kappa shape index (κ2) is 14.4. The van der Waals surface area contributed by atoms with Crippen LogP contribution in [0.1, 0.15) is 0 Å². The van der Waals surface area contributed by atoms with Crippen molar-refractivity contribution in [3.05, 3.63) is 231 Å². The van der Waals surface area contributed by atoms with Gasteiger partial charge in [0.1, 0.15) is 0 Å². The predicted molar refractivity (Wildman–Crippen MR) is 237 cm³/mol. The number of aromatic nitrogens is 1. The highest BCUT2D eigenvalue weighted by Crippen LogP contribution is 2.44. The molecule has 2 nitrogen and oxygen atoms in total. The van der Waals surface area contributed by atoms with Crippen LogP contribution in [0.4, 0.5) is 17.1 Å². The average molecular weight is 715 g/mol. The topological polar surface area (TPSA) is 8.17 Å². The Kier molecular flexibility index (Phi) is 8.55. The minimum Gasteiger partial charge on any atom is -0.310 e. The zero-order valence-electron chi connectivity index (χ0n) is 30.8. The van der Waals surface area contributed by atoms with Crippen molar-refractivity contribution in [2.45, 2.75) is 0 Å². The second-order valence-corrected chi connectivity index (χ2v) is 14.1. The summed E-state index contributed by atoms with van der Waals surface area (Å²) >= 11 is 0. The summed E-state index contributed by atoms with van der Waals surface area (Å²) in [5, 5.41) is 2.49. The molecule has 1 heterocycles. The van der Waals surface area contributed by atoms with Crippen LogP contribution in [0.15, 0.2) is 231 Å². The fourth-order valence-electron chi connectivity index (χ4n) is 8.17. The molecular weight excluding hydrogens is 677 g/mol. The fourth-order valence-corrected chi connectivity index (χ4v) is 8.17. The van der Waals surface area contributed by atoms with Crippen molar-refractivity contribution in [2.24, 2.45) is 0 Å². The van der Waals surface area contributed by atoms with E-state index in [4.69, 9.17) is 0 Å². The number of anilines is 3. The Morgan fingerprint density at radius 3 is 1.52 bits per heavy atom. The van der Waals surface area contributed by atoms with Gasteiger partial charge in [-0.2, -0.15) is 0 Å². The number of benzene rings is 9. The molecule has 0 aliphatic carbocycles. The molecule has 0 N–H and O–H groups in total. The van der Waals surface area contributed by atoms with Gasteiger partial charge in [0, 0.05) is 33.4 Å². The summed E-state index contributed by atoms with van der Waals surface area (Å²) in [6.07, 6.45) is 0. The highest BCUT2D eigenvalue weighted by molar-refractivity contribution is 6.16. The van der Waals surface area contributed by atoms with Gasteiger partial charge in [-0.3, -0.25) is 0 Å². The molecule has 10 aromatic rings. The molecule has 0 spiro atoms. The molecule has 0 amide bonds. The summed E-state index contributed by atoms with van der Waals surface area (Å²) in [5.74, 6) is 0. The largest absolute Gasteiger partial charge is 0.310 e. The van der Waals surface area contributed by atoms with Gasteiger partial charge in [0.2, 0.25) is 0 Å². The highest BCUT2D eigenvalue weighted by atomic mass is 15.1. The van der Waals surface area contributed by atoms with Gasteiger partial charge >= 0.3 is 0 Å². The minimum atomic E-state index is 1.09. The van der Waals surface area contributed by atoms with Gasteiger partial charge in [-0.25, -0.2) is 0 Å². The van der Waals surface area contributed by atoms with E-state index in [2.05, 4.69) is 240 Å². The Labute approximate surface area is 327 Å². The van der Waals surface area contributed by atoms with Gasteiger partial charge in [0.05, 0.1) is 16.7 Å². The third-order valence-corrected chi connectivity index (χ3v) is 10.8. The SMILES string of the molecule is c1ccc(-c2ccc(-c3ccc(N(c4cccc(-c5cccc6c5c5ccccc5n6-c5ccccc5)c4)c4ccccc4-c4ccccc4)cc3)cc2)cc1. The standard InChI is InChI=1S/C54H38N2/c1-4-16-39(17-5-1)40-30-32-41(33-31-40)42-34-36-46(37-35-42)55(51-27-12-10-24-48(51)43-18-6-2-7-19-43)47-23-14-20-44(38-47)49-26-15-29-53-54(49)50-25-11-13-28-52(50)56(53)45-21-8-3-9-22-45/h1-38H. The molecule has 2 heteroatoms. The van der Waals surface area contributed by atoms with Crippen molar-refractivity contribution in [2.75, 3.05) is 4.90 Å². The maximum absolute atomic E-state index is 2.40. The number of rotatable bonds is 8. The predicted octanol–water partition coefficient (Wildman–Crippen LogP) is 14.9. The van der Waals surface area contributed by atoms with Crippen LogP contribution in [0.3, 0.4) is 0 Å². The van der Waals surface area contributed by atoms with Crippen molar-refractivity contribution in [1.82, 2.24) is 4.57 Å². The lowest BCUT2D eigenvalue weighted by Gasteiger charge is -2.28. The summed E-state index contributed by atoms with van der Waals surface area (Å²) in [4.78, 5) is 2.40. The summed E-state index contributed by atoms with van der Waals surface area (Å²) in [5.41, 5.74) is 16.4. The third-order valence-electron chi connectivity index (χ3n) is 10.8. The first-order chi connectivity index (χ1) is 27.8. The van der Waals surface area contributed by atoms with Crippen LogP contribution in [-0.4, -0.2) is 4.57 Å². The average Bonchev–Trinajstić information content (AvgIpc) is 3.63. The van der Waals surface area contributed by atoms with Crippen LogP contribution in [0, 0.1) is 0 Å². The van der Waals surface area contributed by atoms with Crippen LogP contribution in [0.5, 0.6) is 0 Å².